The maximum Gasteiger partial charge on any atom is 0.191 e. The Bertz CT molecular complexity index is 655. The molecule has 0 aliphatic heterocycles. The predicted octanol–water partition coefficient (Wildman–Crippen LogP) is 2.97. The molecule has 0 saturated heterocycles. The van der Waals surface area contributed by atoms with Gasteiger partial charge in [0.05, 0.1) is 17.8 Å². The van der Waals surface area contributed by atoms with Crippen molar-refractivity contribution in [3.05, 3.63) is 48.3 Å². The summed E-state index contributed by atoms with van der Waals surface area (Å²) in [6, 6.07) is 10.1. The molecule has 0 aliphatic rings. The van der Waals surface area contributed by atoms with Crippen LogP contribution in [-0.4, -0.2) is 41.5 Å². The van der Waals surface area contributed by atoms with E-state index in [9.17, 15) is 0 Å². The molecule has 0 unspecified atom stereocenters. The van der Waals surface area contributed by atoms with Crippen molar-refractivity contribution in [1.82, 2.24) is 20.4 Å². The van der Waals surface area contributed by atoms with Gasteiger partial charge in [0.15, 0.2) is 5.96 Å². The van der Waals surface area contributed by atoms with Crippen molar-refractivity contribution < 1.29 is 4.74 Å². The van der Waals surface area contributed by atoms with E-state index in [1.54, 1.807) is 13.3 Å². The molecule has 2 N–H and O–H groups in total. The van der Waals surface area contributed by atoms with Gasteiger partial charge >= 0.3 is 0 Å². The summed E-state index contributed by atoms with van der Waals surface area (Å²) in [5, 5.41) is 10.9. The van der Waals surface area contributed by atoms with Crippen LogP contribution in [0.5, 0.6) is 0 Å². The summed E-state index contributed by atoms with van der Waals surface area (Å²) < 4.78 is 7.30. The lowest BCUT2D eigenvalue weighted by Gasteiger charge is -2.24. The highest BCUT2D eigenvalue weighted by Gasteiger charge is 2.16. The zero-order valence-electron chi connectivity index (χ0n) is 15.3. The first-order valence-corrected chi connectivity index (χ1v) is 8.21. The van der Waals surface area contributed by atoms with Crippen molar-refractivity contribution in [2.45, 2.75) is 32.9 Å². The van der Waals surface area contributed by atoms with E-state index in [1.165, 1.54) is 0 Å². The molecular formula is C18H28IN5O. The fourth-order valence-corrected chi connectivity index (χ4v) is 2.15. The molecule has 1 heterocycles. The Morgan fingerprint density at radius 3 is 2.64 bits per heavy atom. The van der Waals surface area contributed by atoms with Gasteiger partial charge in [-0.05, 0) is 38.5 Å². The van der Waals surface area contributed by atoms with Gasteiger partial charge in [-0.3, -0.25) is 0 Å². The summed E-state index contributed by atoms with van der Waals surface area (Å²) in [6.07, 6.45) is 3.71. The van der Waals surface area contributed by atoms with E-state index < -0.39 is 0 Å². The van der Waals surface area contributed by atoms with Crippen LogP contribution in [0.4, 0.5) is 0 Å². The zero-order chi connectivity index (χ0) is 17.4. The van der Waals surface area contributed by atoms with Crippen LogP contribution in [0, 0.1) is 0 Å². The molecule has 1 aromatic heterocycles. The van der Waals surface area contributed by atoms with Gasteiger partial charge in [-0.2, -0.15) is 5.10 Å². The molecule has 25 heavy (non-hydrogen) atoms. The number of aromatic nitrogens is 2. The van der Waals surface area contributed by atoms with Crippen LogP contribution < -0.4 is 10.6 Å². The summed E-state index contributed by atoms with van der Waals surface area (Å²) in [5.74, 6) is 0.776. The molecule has 0 radical (unpaired) electrons. The molecule has 6 nitrogen and oxygen atoms in total. The zero-order valence-corrected chi connectivity index (χ0v) is 17.7. The number of methoxy groups -OCH3 is 1. The third kappa shape index (κ3) is 6.66. The number of halogens is 1. The van der Waals surface area contributed by atoms with E-state index in [0.717, 1.165) is 23.8 Å². The Morgan fingerprint density at radius 1 is 1.24 bits per heavy atom. The van der Waals surface area contributed by atoms with E-state index in [2.05, 4.69) is 33.7 Å². The van der Waals surface area contributed by atoms with Crippen molar-refractivity contribution in [2.75, 3.05) is 20.2 Å². The minimum Gasteiger partial charge on any atom is -0.377 e. The minimum atomic E-state index is -0.247. The monoisotopic (exact) mass is 457 g/mol. The Morgan fingerprint density at radius 2 is 2.00 bits per heavy atom. The molecule has 1 aromatic carbocycles. The van der Waals surface area contributed by atoms with E-state index in [4.69, 9.17) is 4.74 Å². The number of hydrogen-bond acceptors (Lipinski definition) is 3. The number of para-hydroxylation sites is 1. The largest absolute Gasteiger partial charge is 0.377 e. The Labute approximate surface area is 167 Å². The number of nitrogens with zero attached hydrogens (tertiary/aromatic N) is 3. The van der Waals surface area contributed by atoms with Gasteiger partial charge in [-0.15, -0.1) is 24.0 Å². The molecule has 0 spiro atoms. The quantitative estimate of drug-likeness (QED) is 0.381. The summed E-state index contributed by atoms with van der Waals surface area (Å²) >= 11 is 0. The number of hydrogen-bond donors (Lipinski definition) is 2. The van der Waals surface area contributed by atoms with E-state index >= 15 is 0 Å². The number of benzene rings is 1. The summed E-state index contributed by atoms with van der Waals surface area (Å²) in [7, 11) is 1.71. The lowest BCUT2D eigenvalue weighted by atomic mass is 10.1. The maximum absolute atomic E-state index is 5.44. The number of guanidine groups is 1. The van der Waals surface area contributed by atoms with Crippen molar-refractivity contribution in [1.29, 1.82) is 0 Å². The van der Waals surface area contributed by atoms with Crippen molar-refractivity contribution >= 4 is 29.9 Å². The Balaban J connectivity index is 0.00000312. The highest BCUT2D eigenvalue weighted by molar-refractivity contribution is 14.0. The Kier molecular flexibility index (Phi) is 8.91. The molecule has 0 fully saturated rings. The van der Waals surface area contributed by atoms with E-state index in [1.807, 2.05) is 49.0 Å². The third-order valence-electron chi connectivity index (χ3n) is 3.73. The molecule has 7 heteroatoms. The molecule has 0 atom stereocenters. The first kappa shape index (κ1) is 21.4. The van der Waals surface area contributed by atoms with E-state index in [0.29, 0.717) is 13.1 Å². The van der Waals surface area contributed by atoms with Crippen molar-refractivity contribution in [3.63, 3.8) is 0 Å². The SMILES string of the molecule is CCNC(=NCc1ccccc1-n1cccn1)NCC(C)(C)OC.I. The number of nitrogens with one attached hydrogen (secondary N) is 2. The topological polar surface area (TPSA) is 63.5 Å². The van der Waals surface area contributed by atoms with Crippen LogP contribution in [0.2, 0.25) is 0 Å². The standard InChI is InChI=1S/C18H27N5O.HI/c1-5-19-17(21-14-18(2,3)24-4)20-13-15-9-6-7-10-16(15)23-12-8-11-22-23;/h6-12H,5,13-14H2,1-4H3,(H2,19,20,21);1H. The van der Waals surface area contributed by atoms with Crippen LogP contribution in [-0.2, 0) is 11.3 Å². The number of aliphatic imine (C=N–C) groups is 1. The van der Waals surface area contributed by atoms with Crippen molar-refractivity contribution in [3.8, 4) is 5.69 Å². The maximum atomic E-state index is 5.44. The molecule has 138 valence electrons. The van der Waals surface area contributed by atoms with Gasteiger partial charge in [-0.25, -0.2) is 9.67 Å². The molecule has 0 aliphatic carbocycles. The average Bonchev–Trinajstić information content (AvgIpc) is 3.12. The van der Waals surface area contributed by atoms with Crippen LogP contribution in [0.25, 0.3) is 5.69 Å². The Hall–Kier alpha value is -1.61. The van der Waals surface area contributed by atoms with Crippen LogP contribution >= 0.6 is 24.0 Å². The van der Waals surface area contributed by atoms with Gasteiger partial charge < -0.3 is 15.4 Å². The predicted molar refractivity (Wildman–Crippen MR) is 113 cm³/mol. The molecular weight excluding hydrogens is 429 g/mol. The second-order valence-corrected chi connectivity index (χ2v) is 6.09. The highest BCUT2D eigenvalue weighted by Crippen LogP contribution is 2.14. The lowest BCUT2D eigenvalue weighted by Crippen LogP contribution is -2.45. The number of ether oxygens (including phenoxy) is 1. The molecule has 2 rings (SSSR count). The summed E-state index contributed by atoms with van der Waals surface area (Å²) in [6.45, 7) is 8.18. The number of rotatable bonds is 7. The minimum absolute atomic E-state index is 0. The molecule has 0 saturated carbocycles. The third-order valence-corrected chi connectivity index (χ3v) is 3.73. The second-order valence-electron chi connectivity index (χ2n) is 6.09. The van der Waals surface area contributed by atoms with Gasteiger partial charge in [0.25, 0.3) is 0 Å². The average molecular weight is 457 g/mol. The van der Waals surface area contributed by atoms with Gasteiger partial charge in [0.1, 0.15) is 0 Å². The highest BCUT2D eigenvalue weighted by atomic mass is 127. The molecule has 0 bridgehead atoms. The summed E-state index contributed by atoms with van der Waals surface area (Å²) in [5.41, 5.74) is 1.91. The second kappa shape index (κ2) is 10.4. The fraction of sp³-hybridized carbons (Fsp3) is 0.444. The first-order chi connectivity index (χ1) is 11.6. The normalized spacial score (nSPS) is 11.8. The van der Waals surface area contributed by atoms with Gasteiger partial charge in [0, 0.05) is 32.6 Å². The van der Waals surface area contributed by atoms with Gasteiger partial charge in [-0.1, -0.05) is 18.2 Å². The molecule has 2 aromatic rings. The van der Waals surface area contributed by atoms with E-state index in [-0.39, 0.29) is 29.6 Å². The van der Waals surface area contributed by atoms with Crippen LogP contribution in [0.3, 0.4) is 0 Å². The van der Waals surface area contributed by atoms with Gasteiger partial charge in [0.2, 0.25) is 0 Å². The lowest BCUT2D eigenvalue weighted by molar-refractivity contribution is 0.0268. The first-order valence-electron chi connectivity index (χ1n) is 8.21. The van der Waals surface area contributed by atoms with Crippen LogP contribution in [0.1, 0.15) is 26.3 Å². The fourth-order valence-electron chi connectivity index (χ4n) is 2.15. The smallest absolute Gasteiger partial charge is 0.191 e. The summed E-state index contributed by atoms with van der Waals surface area (Å²) in [4.78, 5) is 4.69. The van der Waals surface area contributed by atoms with Crippen molar-refractivity contribution in [2.24, 2.45) is 4.99 Å². The molecule has 0 amide bonds. The van der Waals surface area contributed by atoms with Crippen LogP contribution in [0.15, 0.2) is 47.7 Å².